The van der Waals surface area contributed by atoms with Gasteiger partial charge >= 0.3 is 0 Å². The second-order valence-electron chi connectivity index (χ2n) is 8.53. The maximum Gasteiger partial charge on any atom is 0.224 e. The summed E-state index contributed by atoms with van der Waals surface area (Å²) < 4.78 is 26.5. The molecule has 0 spiro atoms. The van der Waals surface area contributed by atoms with Gasteiger partial charge in [-0.2, -0.15) is 0 Å². The summed E-state index contributed by atoms with van der Waals surface area (Å²) in [4.78, 5) is 17.2. The van der Waals surface area contributed by atoms with Crippen molar-refractivity contribution >= 4 is 11.6 Å². The van der Waals surface area contributed by atoms with Crippen molar-refractivity contribution in [3.63, 3.8) is 0 Å². The molecule has 2 aliphatic heterocycles. The average Bonchev–Trinajstić information content (AvgIpc) is 3.22. The van der Waals surface area contributed by atoms with Crippen LogP contribution in [-0.2, 0) is 11.3 Å². The number of anilines is 1. The third kappa shape index (κ3) is 5.36. The van der Waals surface area contributed by atoms with E-state index >= 15 is 0 Å². The Labute approximate surface area is 176 Å². The molecule has 4 nitrogen and oxygen atoms in total. The number of carbonyl (C=O) groups is 1. The molecule has 2 atom stereocenters. The number of nitrogens with zero attached hydrogens (tertiary/aromatic N) is 2. The predicted octanol–water partition coefficient (Wildman–Crippen LogP) is 3.82. The van der Waals surface area contributed by atoms with Crippen LogP contribution in [0.4, 0.5) is 14.5 Å². The Balaban J connectivity index is 1.23. The van der Waals surface area contributed by atoms with E-state index in [0.717, 1.165) is 50.1 Å². The van der Waals surface area contributed by atoms with E-state index in [-0.39, 0.29) is 23.5 Å². The van der Waals surface area contributed by atoms with Crippen molar-refractivity contribution in [1.82, 2.24) is 10.2 Å². The summed E-state index contributed by atoms with van der Waals surface area (Å²) >= 11 is 0. The van der Waals surface area contributed by atoms with Gasteiger partial charge in [-0.25, -0.2) is 8.78 Å². The molecule has 0 radical (unpaired) electrons. The van der Waals surface area contributed by atoms with Crippen LogP contribution in [0, 0.1) is 23.5 Å². The molecule has 4 rings (SSSR count). The van der Waals surface area contributed by atoms with E-state index in [9.17, 15) is 13.6 Å². The molecule has 2 heterocycles. The Morgan fingerprint density at radius 2 is 1.83 bits per heavy atom. The Morgan fingerprint density at radius 3 is 2.63 bits per heavy atom. The molecule has 2 aliphatic rings. The van der Waals surface area contributed by atoms with Crippen molar-refractivity contribution in [2.75, 3.05) is 37.6 Å². The quantitative estimate of drug-likeness (QED) is 0.782. The van der Waals surface area contributed by atoms with Crippen LogP contribution in [0.1, 0.15) is 24.8 Å². The molecule has 30 heavy (non-hydrogen) atoms. The van der Waals surface area contributed by atoms with E-state index in [1.807, 2.05) is 18.2 Å². The maximum atomic E-state index is 13.4. The maximum absolute atomic E-state index is 13.4. The van der Waals surface area contributed by atoms with E-state index in [4.69, 9.17) is 0 Å². The fraction of sp³-hybridized carbons (Fsp3) is 0.458. The zero-order chi connectivity index (χ0) is 20.9. The van der Waals surface area contributed by atoms with Crippen LogP contribution in [0.3, 0.4) is 0 Å². The highest BCUT2D eigenvalue weighted by Gasteiger charge is 2.28. The summed E-state index contributed by atoms with van der Waals surface area (Å²) in [6, 6.07) is 13.3. The molecule has 160 valence electrons. The Kier molecular flexibility index (Phi) is 6.62. The van der Waals surface area contributed by atoms with Gasteiger partial charge in [0.25, 0.3) is 0 Å². The number of amides is 1. The van der Waals surface area contributed by atoms with Crippen molar-refractivity contribution in [2.24, 2.45) is 11.8 Å². The number of piperidine rings is 1. The van der Waals surface area contributed by atoms with Gasteiger partial charge in [0.15, 0.2) is 0 Å². The standard InChI is InChI=1S/C24H29F2N3O/c25-21-6-8-23(9-7-21)29-12-10-19(16-29)14-27-24(30)20-4-2-11-28(17-20)15-18-3-1-5-22(26)13-18/h1,3,5-9,13,19-20H,2,4,10-12,14-17H2,(H,27,30)/t19-,20+/m0/s1. The summed E-state index contributed by atoms with van der Waals surface area (Å²) in [6.07, 6.45) is 2.90. The summed E-state index contributed by atoms with van der Waals surface area (Å²) in [6.45, 7) is 4.82. The normalized spacial score (nSPS) is 22.3. The minimum absolute atomic E-state index is 0.0121. The summed E-state index contributed by atoms with van der Waals surface area (Å²) in [5.74, 6) is 0.0813. The van der Waals surface area contributed by atoms with E-state index in [0.29, 0.717) is 25.6 Å². The molecule has 0 saturated carbocycles. The number of hydrogen-bond donors (Lipinski definition) is 1. The van der Waals surface area contributed by atoms with E-state index < -0.39 is 0 Å². The van der Waals surface area contributed by atoms with Gasteiger partial charge in [-0.1, -0.05) is 12.1 Å². The molecule has 2 aromatic rings. The number of halogens is 2. The van der Waals surface area contributed by atoms with Gasteiger partial charge in [0.05, 0.1) is 5.92 Å². The molecule has 0 aromatic heterocycles. The van der Waals surface area contributed by atoms with Gasteiger partial charge in [-0.15, -0.1) is 0 Å². The van der Waals surface area contributed by atoms with Gasteiger partial charge in [-0.05, 0) is 73.7 Å². The first kappa shape index (κ1) is 20.8. The van der Waals surface area contributed by atoms with E-state index in [1.165, 1.54) is 18.2 Å². The largest absolute Gasteiger partial charge is 0.371 e. The minimum Gasteiger partial charge on any atom is -0.371 e. The molecule has 2 saturated heterocycles. The van der Waals surface area contributed by atoms with Crippen LogP contribution >= 0.6 is 0 Å². The Hall–Kier alpha value is -2.47. The van der Waals surface area contributed by atoms with Crippen molar-refractivity contribution in [3.8, 4) is 0 Å². The van der Waals surface area contributed by atoms with Crippen LogP contribution in [0.2, 0.25) is 0 Å². The molecule has 0 bridgehead atoms. The highest BCUT2D eigenvalue weighted by atomic mass is 19.1. The number of rotatable bonds is 6. The molecule has 2 aromatic carbocycles. The van der Waals surface area contributed by atoms with E-state index in [2.05, 4.69) is 15.1 Å². The van der Waals surface area contributed by atoms with Crippen LogP contribution in [-0.4, -0.2) is 43.5 Å². The zero-order valence-corrected chi connectivity index (χ0v) is 17.2. The second-order valence-corrected chi connectivity index (χ2v) is 8.53. The first-order chi connectivity index (χ1) is 14.6. The number of nitrogens with one attached hydrogen (secondary N) is 1. The minimum atomic E-state index is -0.222. The Bertz CT molecular complexity index is 858. The van der Waals surface area contributed by atoms with Crippen LogP contribution < -0.4 is 10.2 Å². The lowest BCUT2D eigenvalue weighted by Gasteiger charge is -2.32. The highest BCUT2D eigenvalue weighted by molar-refractivity contribution is 5.79. The monoisotopic (exact) mass is 413 g/mol. The van der Waals surface area contributed by atoms with Gasteiger partial charge < -0.3 is 10.2 Å². The summed E-state index contributed by atoms with van der Waals surface area (Å²) in [5.41, 5.74) is 1.98. The average molecular weight is 414 g/mol. The lowest BCUT2D eigenvalue weighted by Crippen LogP contribution is -2.44. The smallest absolute Gasteiger partial charge is 0.224 e. The van der Waals surface area contributed by atoms with Gasteiger partial charge in [0.1, 0.15) is 11.6 Å². The molecule has 6 heteroatoms. The molecular formula is C24H29F2N3O. The molecular weight excluding hydrogens is 384 g/mol. The van der Waals surface area contributed by atoms with Crippen LogP contribution in [0.15, 0.2) is 48.5 Å². The van der Waals surface area contributed by atoms with E-state index in [1.54, 1.807) is 12.1 Å². The fourth-order valence-corrected chi connectivity index (χ4v) is 4.58. The highest BCUT2D eigenvalue weighted by Crippen LogP contribution is 2.24. The molecule has 0 aliphatic carbocycles. The lowest BCUT2D eigenvalue weighted by atomic mass is 9.96. The Morgan fingerprint density at radius 1 is 1.00 bits per heavy atom. The number of benzene rings is 2. The fourth-order valence-electron chi connectivity index (χ4n) is 4.58. The summed E-state index contributed by atoms with van der Waals surface area (Å²) in [5, 5.41) is 3.16. The predicted molar refractivity (Wildman–Crippen MR) is 114 cm³/mol. The zero-order valence-electron chi connectivity index (χ0n) is 17.2. The van der Waals surface area contributed by atoms with Crippen molar-refractivity contribution in [1.29, 1.82) is 0 Å². The van der Waals surface area contributed by atoms with Gasteiger partial charge in [0.2, 0.25) is 5.91 Å². The molecule has 1 N–H and O–H groups in total. The third-order valence-electron chi connectivity index (χ3n) is 6.21. The molecule has 0 unspecified atom stereocenters. The third-order valence-corrected chi connectivity index (χ3v) is 6.21. The van der Waals surface area contributed by atoms with Crippen molar-refractivity contribution < 1.29 is 13.6 Å². The number of hydrogen-bond acceptors (Lipinski definition) is 3. The van der Waals surface area contributed by atoms with Crippen molar-refractivity contribution in [3.05, 3.63) is 65.7 Å². The van der Waals surface area contributed by atoms with Crippen LogP contribution in [0.5, 0.6) is 0 Å². The molecule has 2 fully saturated rings. The first-order valence-electron chi connectivity index (χ1n) is 10.8. The first-order valence-corrected chi connectivity index (χ1v) is 10.8. The number of likely N-dealkylation sites (tertiary alicyclic amines) is 1. The van der Waals surface area contributed by atoms with Crippen molar-refractivity contribution in [2.45, 2.75) is 25.8 Å². The van der Waals surface area contributed by atoms with Gasteiger partial charge in [0, 0.05) is 38.4 Å². The SMILES string of the molecule is O=C(NC[C@@H]1CCN(c2ccc(F)cc2)C1)[C@@H]1CCCN(Cc2cccc(F)c2)C1. The lowest BCUT2D eigenvalue weighted by molar-refractivity contribution is -0.126. The number of carbonyl (C=O) groups excluding carboxylic acids is 1. The summed E-state index contributed by atoms with van der Waals surface area (Å²) in [7, 11) is 0. The topological polar surface area (TPSA) is 35.6 Å². The second kappa shape index (κ2) is 9.56. The molecule has 1 amide bonds. The van der Waals surface area contributed by atoms with Gasteiger partial charge in [-0.3, -0.25) is 9.69 Å². The van der Waals surface area contributed by atoms with Crippen LogP contribution in [0.25, 0.3) is 0 Å².